The standard InChI is InChI=1S/C14H12FN3/c1-9-2-3-10(6-12(9)15)13-8-18-7-11(16)4-5-14(18)17-13/h2-8H,16H2,1H3. The van der Waals surface area contributed by atoms with Crippen molar-refractivity contribution in [3.63, 3.8) is 0 Å². The number of nitrogens with zero attached hydrogens (tertiary/aromatic N) is 2. The van der Waals surface area contributed by atoms with Gasteiger partial charge in [0.15, 0.2) is 0 Å². The Morgan fingerprint density at radius 1 is 1.17 bits per heavy atom. The van der Waals surface area contributed by atoms with Crippen LogP contribution in [0.1, 0.15) is 5.56 Å². The fourth-order valence-electron chi connectivity index (χ4n) is 1.90. The molecule has 0 saturated carbocycles. The summed E-state index contributed by atoms with van der Waals surface area (Å²) in [6.45, 7) is 1.74. The average molecular weight is 241 g/mol. The molecular weight excluding hydrogens is 229 g/mol. The van der Waals surface area contributed by atoms with Gasteiger partial charge in [-0.25, -0.2) is 9.37 Å². The average Bonchev–Trinajstić information content (AvgIpc) is 2.75. The summed E-state index contributed by atoms with van der Waals surface area (Å²) >= 11 is 0. The van der Waals surface area contributed by atoms with Crippen LogP contribution in [0.25, 0.3) is 16.9 Å². The molecule has 0 fully saturated rings. The number of halogens is 1. The Morgan fingerprint density at radius 2 is 2.00 bits per heavy atom. The van der Waals surface area contributed by atoms with E-state index in [2.05, 4.69) is 4.98 Å². The van der Waals surface area contributed by atoms with Crippen LogP contribution in [0.4, 0.5) is 10.1 Å². The maximum absolute atomic E-state index is 13.5. The number of aryl methyl sites for hydroxylation is 1. The fourth-order valence-corrected chi connectivity index (χ4v) is 1.90. The van der Waals surface area contributed by atoms with E-state index in [9.17, 15) is 4.39 Å². The van der Waals surface area contributed by atoms with Gasteiger partial charge in [0.2, 0.25) is 0 Å². The number of fused-ring (bicyclic) bond motifs is 1. The van der Waals surface area contributed by atoms with Crippen molar-refractivity contribution in [3.05, 3.63) is 54.1 Å². The lowest BCUT2D eigenvalue weighted by molar-refractivity contribution is 0.619. The minimum atomic E-state index is -0.218. The van der Waals surface area contributed by atoms with Crippen LogP contribution in [-0.2, 0) is 0 Å². The monoisotopic (exact) mass is 241 g/mol. The number of nitrogen functional groups attached to an aromatic ring is 1. The lowest BCUT2D eigenvalue weighted by Crippen LogP contribution is -1.88. The van der Waals surface area contributed by atoms with Crippen molar-refractivity contribution in [3.8, 4) is 11.3 Å². The van der Waals surface area contributed by atoms with Gasteiger partial charge in [0.05, 0.1) is 5.69 Å². The predicted octanol–water partition coefficient (Wildman–Crippen LogP) is 3.03. The molecule has 0 saturated heterocycles. The van der Waals surface area contributed by atoms with Crippen LogP contribution in [0.15, 0.2) is 42.7 Å². The van der Waals surface area contributed by atoms with E-state index in [1.165, 1.54) is 6.07 Å². The summed E-state index contributed by atoms with van der Waals surface area (Å²) in [7, 11) is 0. The number of rotatable bonds is 1. The molecule has 1 aromatic carbocycles. The molecule has 2 N–H and O–H groups in total. The molecule has 90 valence electrons. The molecule has 3 aromatic rings. The summed E-state index contributed by atoms with van der Waals surface area (Å²) in [5, 5.41) is 0. The number of imidazole rings is 1. The van der Waals surface area contributed by atoms with Crippen LogP contribution in [-0.4, -0.2) is 9.38 Å². The van der Waals surface area contributed by atoms with Crippen molar-refractivity contribution in [1.29, 1.82) is 0 Å². The zero-order chi connectivity index (χ0) is 12.7. The van der Waals surface area contributed by atoms with Crippen LogP contribution >= 0.6 is 0 Å². The van der Waals surface area contributed by atoms with Gasteiger partial charge in [0.25, 0.3) is 0 Å². The molecule has 0 spiro atoms. The van der Waals surface area contributed by atoms with Crippen LogP contribution in [0.5, 0.6) is 0 Å². The van der Waals surface area contributed by atoms with E-state index in [-0.39, 0.29) is 5.82 Å². The Kier molecular flexibility index (Phi) is 2.30. The van der Waals surface area contributed by atoms with Gasteiger partial charge in [-0.15, -0.1) is 0 Å². The SMILES string of the molecule is Cc1ccc(-c2cn3cc(N)ccc3n2)cc1F. The third-order valence-corrected chi connectivity index (χ3v) is 2.94. The molecule has 3 rings (SSSR count). The van der Waals surface area contributed by atoms with Gasteiger partial charge >= 0.3 is 0 Å². The Bertz CT molecular complexity index is 731. The van der Waals surface area contributed by atoms with Gasteiger partial charge in [0, 0.05) is 23.6 Å². The number of benzene rings is 1. The summed E-state index contributed by atoms with van der Waals surface area (Å²) in [5.74, 6) is -0.218. The van der Waals surface area contributed by atoms with Gasteiger partial charge in [-0.05, 0) is 30.7 Å². The minimum absolute atomic E-state index is 0.218. The van der Waals surface area contributed by atoms with Gasteiger partial charge in [-0.1, -0.05) is 12.1 Å². The topological polar surface area (TPSA) is 43.3 Å². The summed E-state index contributed by atoms with van der Waals surface area (Å²) in [4.78, 5) is 4.44. The number of nitrogens with two attached hydrogens (primary N) is 1. The number of aromatic nitrogens is 2. The Labute approximate surface area is 104 Å². The highest BCUT2D eigenvalue weighted by Gasteiger charge is 2.06. The van der Waals surface area contributed by atoms with E-state index < -0.39 is 0 Å². The van der Waals surface area contributed by atoms with Gasteiger partial charge in [0.1, 0.15) is 11.5 Å². The van der Waals surface area contributed by atoms with Crippen molar-refractivity contribution < 1.29 is 4.39 Å². The second kappa shape index (κ2) is 3.84. The molecule has 0 bridgehead atoms. The molecule has 18 heavy (non-hydrogen) atoms. The van der Waals surface area contributed by atoms with Gasteiger partial charge in [-0.2, -0.15) is 0 Å². The van der Waals surface area contributed by atoms with E-state index in [0.29, 0.717) is 11.3 Å². The van der Waals surface area contributed by atoms with Gasteiger partial charge in [-0.3, -0.25) is 0 Å². The lowest BCUT2D eigenvalue weighted by atomic mass is 10.1. The first-order valence-electron chi connectivity index (χ1n) is 5.64. The molecule has 3 nitrogen and oxygen atoms in total. The van der Waals surface area contributed by atoms with Crippen LogP contribution in [0.3, 0.4) is 0 Å². The second-order valence-corrected chi connectivity index (χ2v) is 4.32. The predicted molar refractivity (Wildman–Crippen MR) is 69.7 cm³/mol. The third-order valence-electron chi connectivity index (χ3n) is 2.94. The quantitative estimate of drug-likeness (QED) is 0.711. The molecule has 0 amide bonds. The van der Waals surface area contributed by atoms with Crippen LogP contribution in [0, 0.1) is 12.7 Å². The largest absolute Gasteiger partial charge is 0.398 e. The Morgan fingerprint density at radius 3 is 2.78 bits per heavy atom. The summed E-state index contributed by atoms with van der Waals surface area (Å²) in [6.07, 6.45) is 3.63. The van der Waals surface area contributed by atoms with Crippen LogP contribution in [0.2, 0.25) is 0 Å². The van der Waals surface area contributed by atoms with Crippen molar-refractivity contribution in [2.45, 2.75) is 6.92 Å². The number of hydrogen-bond donors (Lipinski definition) is 1. The number of anilines is 1. The zero-order valence-corrected chi connectivity index (χ0v) is 9.89. The highest BCUT2D eigenvalue weighted by atomic mass is 19.1. The zero-order valence-electron chi connectivity index (χ0n) is 9.89. The van der Waals surface area contributed by atoms with Crippen molar-refractivity contribution >= 4 is 11.3 Å². The van der Waals surface area contributed by atoms with Crippen LogP contribution < -0.4 is 5.73 Å². The van der Waals surface area contributed by atoms with Crippen molar-refractivity contribution in [2.75, 3.05) is 5.73 Å². The first kappa shape index (κ1) is 10.8. The molecule has 0 aliphatic heterocycles. The van der Waals surface area contributed by atoms with E-state index >= 15 is 0 Å². The normalized spacial score (nSPS) is 11.0. The molecule has 0 radical (unpaired) electrons. The van der Waals surface area contributed by atoms with E-state index in [0.717, 1.165) is 16.9 Å². The number of hydrogen-bond acceptors (Lipinski definition) is 2. The second-order valence-electron chi connectivity index (χ2n) is 4.32. The first-order valence-corrected chi connectivity index (χ1v) is 5.64. The van der Waals surface area contributed by atoms with Gasteiger partial charge < -0.3 is 10.1 Å². The molecule has 0 aliphatic rings. The first-order chi connectivity index (χ1) is 8.63. The van der Waals surface area contributed by atoms with Crippen molar-refractivity contribution in [1.82, 2.24) is 9.38 Å². The fraction of sp³-hybridized carbons (Fsp3) is 0.0714. The maximum Gasteiger partial charge on any atom is 0.137 e. The highest BCUT2D eigenvalue weighted by molar-refractivity contribution is 5.64. The van der Waals surface area contributed by atoms with E-state index in [4.69, 9.17) is 5.73 Å². The minimum Gasteiger partial charge on any atom is -0.398 e. The maximum atomic E-state index is 13.5. The molecule has 2 aromatic heterocycles. The molecule has 2 heterocycles. The summed E-state index contributed by atoms with van der Waals surface area (Å²) in [6, 6.07) is 8.75. The third kappa shape index (κ3) is 1.72. The molecule has 0 unspecified atom stereocenters. The van der Waals surface area contributed by atoms with Crippen molar-refractivity contribution in [2.24, 2.45) is 0 Å². The summed E-state index contributed by atoms with van der Waals surface area (Å²) in [5.41, 5.74) is 9.30. The smallest absolute Gasteiger partial charge is 0.137 e. The molecule has 0 aliphatic carbocycles. The molecular formula is C14H12FN3. The summed E-state index contributed by atoms with van der Waals surface area (Å²) < 4.78 is 15.4. The Hall–Kier alpha value is -2.36. The molecule has 4 heteroatoms. The van der Waals surface area contributed by atoms with E-state index in [1.54, 1.807) is 25.3 Å². The number of pyridine rings is 1. The van der Waals surface area contributed by atoms with E-state index in [1.807, 2.05) is 22.7 Å². The molecule has 0 atom stereocenters. The Balaban J connectivity index is 2.16. The highest BCUT2D eigenvalue weighted by Crippen LogP contribution is 2.22. The lowest BCUT2D eigenvalue weighted by Gasteiger charge is -1.99.